The highest BCUT2D eigenvalue weighted by molar-refractivity contribution is 5.74. The van der Waals surface area contributed by atoms with Gasteiger partial charge in [0.1, 0.15) is 5.75 Å². The van der Waals surface area contributed by atoms with Crippen molar-refractivity contribution in [1.82, 2.24) is 10.2 Å². The van der Waals surface area contributed by atoms with Crippen LogP contribution in [0.25, 0.3) is 0 Å². The molecule has 0 heterocycles. The van der Waals surface area contributed by atoms with E-state index < -0.39 is 0 Å². The Morgan fingerprint density at radius 2 is 2.22 bits per heavy atom. The van der Waals surface area contributed by atoms with Gasteiger partial charge in [0.05, 0.1) is 6.61 Å². The summed E-state index contributed by atoms with van der Waals surface area (Å²) in [7, 11) is 1.87. The number of urea groups is 1. The summed E-state index contributed by atoms with van der Waals surface area (Å²) in [6.45, 7) is 3.41. The number of benzene rings is 1. The van der Waals surface area contributed by atoms with Gasteiger partial charge in [-0.3, -0.25) is 0 Å². The Balaban J connectivity index is 1.34. The lowest BCUT2D eigenvalue weighted by Gasteiger charge is -2.26. The average molecular weight is 316 g/mol. The molecule has 0 radical (unpaired) electrons. The summed E-state index contributed by atoms with van der Waals surface area (Å²) in [5.74, 6) is 2.49. The van der Waals surface area contributed by atoms with Crippen LogP contribution in [0.3, 0.4) is 0 Å². The molecule has 0 aromatic heterocycles. The van der Waals surface area contributed by atoms with E-state index in [-0.39, 0.29) is 6.03 Å². The normalized spacial score (nSPS) is 25.4. The minimum Gasteiger partial charge on any atom is -0.494 e. The van der Waals surface area contributed by atoms with Gasteiger partial charge in [0.15, 0.2) is 0 Å². The second-order valence-electron chi connectivity index (χ2n) is 7.17. The first-order valence-electron chi connectivity index (χ1n) is 8.83. The molecule has 2 aliphatic rings. The van der Waals surface area contributed by atoms with Gasteiger partial charge >= 0.3 is 6.03 Å². The largest absolute Gasteiger partial charge is 0.494 e. The van der Waals surface area contributed by atoms with Crippen molar-refractivity contribution in [2.24, 2.45) is 11.8 Å². The Morgan fingerprint density at radius 3 is 2.91 bits per heavy atom. The predicted molar refractivity (Wildman–Crippen MR) is 91.7 cm³/mol. The van der Waals surface area contributed by atoms with Crippen molar-refractivity contribution in [3.05, 3.63) is 29.8 Å². The quantitative estimate of drug-likeness (QED) is 0.815. The second kappa shape index (κ2) is 7.24. The fourth-order valence-electron chi connectivity index (χ4n) is 3.99. The van der Waals surface area contributed by atoms with Crippen LogP contribution in [0.2, 0.25) is 0 Å². The molecule has 2 amide bonds. The third kappa shape index (κ3) is 4.18. The minimum absolute atomic E-state index is 0.0677. The van der Waals surface area contributed by atoms with E-state index >= 15 is 0 Å². The molecule has 2 fully saturated rings. The molecule has 4 heteroatoms. The molecule has 2 saturated carbocycles. The number of nitrogens with zero attached hydrogens (tertiary/aromatic N) is 1. The topological polar surface area (TPSA) is 41.6 Å². The van der Waals surface area contributed by atoms with Crippen molar-refractivity contribution in [3.8, 4) is 5.75 Å². The number of fused-ring (bicyclic) bond motifs is 2. The van der Waals surface area contributed by atoms with Crippen LogP contribution in [0, 0.1) is 18.8 Å². The van der Waals surface area contributed by atoms with Crippen molar-refractivity contribution in [2.75, 3.05) is 20.2 Å². The van der Waals surface area contributed by atoms with Gasteiger partial charge in [-0.25, -0.2) is 4.79 Å². The monoisotopic (exact) mass is 316 g/mol. The Hall–Kier alpha value is -1.71. The highest BCUT2D eigenvalue weighted by atomic mass is 16.5. The smallest absolute Gasteiger partial charge is 0.317 e. The molecule has 0 spiro atoms. The molecule has 2 aliphatic carbocycles. The molecule has 0 aliphatic heterocycles. The average Bonchev–Trinajstić information content (AvgIpc) is 3.14. The fraction of sp³-hybridized carbons (Fsp3) is 0.632. The molecule has 23 heavy (non-hydrogen) atoms. The summed E-state index contributed by atoms with van der Waals surface area (Å²) >= 11 is 0. The zero-order valence-electron chi connectivity index (χ0n) is 14.3. The van der Waals surface area contributed by atoms with Crippen LogP contribution in [0.4, 0.5) is 4.79 Å². The highest BCUT2D eigenvalue weighted by Crippen LogP contribution is 2.44. The van der Waals surface area contributed by atoms with Crippen molar-refractivity contribution in [3.63, 3.8) is 0 Å². The zero-order chi connectivity index (χ0) is 16.2. The molecule has 126 valence electrons. The van der Waals surface area contributed by atoms with E-state index in [1.165, 1.54) is 31.2 Å². The first kappa shape index (κ1) is 16.2. The van der Waals surface area contributed by atoms with E-state index in [1.807, 2.05) is 25.2 Å². The third-order valence-corrected chi connectivity index (χ3v) is 5.29. The summed E-state index contributed by atoms with van der Waals surface area (Å²) in [6, 6.07) is 8.54. The van der Waals surface area contributed by atoms with Crippen LogP contribution in [-0.2, 0) is 0 Å². The second-order valence-corrected chi connectivity index (χ2v) is 7.17. The van der Waals surface area contributed by atoms with Crippen LogP contribution in [0.1, 0.15) is 37.7 Å². The van der Waals surface area contributed by atoms with E-state index in [0.29, 0.717) is 12.6 Å². The Bertz CT molecular complexity index is 546. The maximum Gasteiger partial charge on any atom is 0.317 e. The molecular weight excluding hydrogens is 288 g/mol. The zero-order valence-corrected chi connectivity index (χ0v) is 14.3. The number of aryl methyl sites for hydroxylation is 1. The molecular formula is C19H28N2O2. The molecule has 3 atom stereocenters. The van der Waals surface area contributed by atoms with Gasteiger partial charge in [0, 0.05) is 19.6 Å². The van der Waals surface area contributed by atoms with E-state index in [1.54, 1.807) is 4.90 Å². The van der Waals surface area contributed by atoms with Crippen LogP contribution in [-0.4, -0.2) is 37.2 Å². The molecule has 4 nitrogen and oxygen atoms in total. The van der Waals surface area contributed by atoms with Crippen LogP contribution in [0.15, 0.2) is 24.3 Å². The lowest BCUT2D eigenvalue weighted by atomic mass is 9.95. The van der Waals surface area contributed by atoms with Crippen molar-refractivity contribution < 1.29 is 9.53 Å². The lowest BCUT2D eigenvalue weighted by Crippen LogP contribution is -2.45. The molecule has 0 saturated heterocycles. The molecule has 1 aromatic carbocycles. The minimum atomic E-state index is 0.0677. The first-order chi connectivity index (χ1) is 11.1. The molecule has 2 bridgehead atoms. The van der Waals surface area contributed by atoms with Crippen LogP contribution < -0.4 is 10.1 Å². The summed E-state index contributed by atoms with van der Waals surface area (Å²) in [4.78, 5) is 14.0. The number of ether oxygens (including phenoxy) is 1. The summed E-state index contributed by atoms with van der Waals surface area (Å²) in [5.41, 5.74) is 1.20. The van der Waals surface area contributed by atoms with E-state index in [2.05, 4.69) is 18.3 Å². The molecule has 1 aromatic rings. The van der Waals surface area contributed by atoms with Gasteiger partial charge in [-0.2, -0.15) is 0 Å². The third-order valence-electron chi connectivity index (χ3n) is 5.29. The summed E-state index contributed by atoms with van der Waals surface area (Å²) in [6.07, 6.45) is 6.00. The maximum atomic E-state index is 12.3. The number of hydrogen-bond donors (Lipinski definition) is 1. The number of rotatable bonds is 6. The molecule has 1 N–H and O–H groups in total. The van der Waals surface area contributed by atoms with Gasteiger partial charge in [-0.05, 0) is 62.1 Å². The van der Waals surface area contributed by atoms with Gasteiger partial charge in [0.25, 0.3) is 0 Å². The standard InChI is InChI=1S/C19H28N2O2/c1-14-5-3-6-17(11-14)23-10-4-9-21(2)19(22)20-18-13-15-7-8-16(18)12-15/h3,5-6,11,15-16,18H,4,7-10,12-13H2,1-2H3,(H,20,22)/t15-,16+,18+/m0/s1. The summed E-state index contributed by atoms with van der Waals surface area (Å²) in [5, 5.41) is 3.22. The van der Waals surface area contributed by atoms with Gasteiger partial charge < -0.3 is 15.0 Å². The Kier molecular flexibility index (Phi) is 5.09. The van der Waals surface area contributed by atoms with Gasteiger partial charge in [-0.15, -0.1) is 0 Å². The highest BCUT2D eigenvalue weighted by Gasteiger charge is 2.40. The predicted octanol–water partition coefficient (Wildman–Crippen LogP) is 3.59. The number of nitrogens with one attached hydrogen (secondary N) is 1. The van der Waals surface area contributed by atoms with Crippen LogP contribution >= 0.6 is 0 Å². The first-order valence-corrected chi connectivity index (χ1v) is 8.83. The summed E-state index contributed by atoms with van der Waals surface area (Å²) < 4.78 is 5.73. The van der Waals surface area contributed by atoms with E-state index in [9.17, 15) is 4.79 Å². The SMILES string of the molecule is Cc1cccc(OCCCN(C)C(=O)N[C@@H]2C[C@H]3CC[C@@H]2C3)c1. The van der Waals surface area contributed by atoms with Gasteiger partial charge in [0.2, 0.25) is 0 Å². The maximum absolute atomic E-state index is 12.3. The van der Waals surface area contributed by atoms with Crippen molar-refractivity contribution >= 4 is 6.03 Å². The number of hydrogen-bond acceptors (Lipinski definition) is 2. The van der Waals surface area contributed by atoms with Crippen LogP contribution in [0.5, 0.6) is 5.75 Å². The number of amides is 2. The Morgan fingerprint density at radius 1 is 1.35 bits per heavy atom. The van der Waals surface area contributed by atoms with Crippen molar-refractivity contribution in [1.29, 1.82) is 0 Å². The van der Waals surface area contributed by atoms with E-state index in [4.69, 9.17) is 4.74 Å². The van der Waals surface area contributed by atoms with Gasteiger partial charge in [-0.1, -0.05) is 18.6 Å². The fourth-order valence-corrected chi connectivity index (χ4v) is 3.99. The van der Waals surface area contributed by atoms with E-state index in [0.717, 1.165) is 30.6 Å². The van der Waals surface area contributed by atoms with Crippen molar-refractivity contribution in [2.45, 2.75) is 45.1 Å². The molecule has 3 rings (SSSR count). The number of carbonyl (C=O) groups is 1. The lowest BCUT2D eigenvalue weighted by molar-refractivity contribution is 0.194. The molecule has 0 unspecified atom stereocenters. The number of carbonyl (C=O) groups excluding carboxylic acids is 1. The Labute approximate surface area is 139 Å².